The van der Waals surface area contributed by atoms with E-state index in [1.807, 2.05) is 38.1 Å². The molecule has 5 nitrogen and oxygen atoms in total. The number of nitrogens with one attached hydrogen (secondary N) is 1. The first-order valence-corrected chi connectivity index (χ1v) is 7.21. The summed E-state index contributed by atoms with van der Waals surface area (Å²) in [5, 5.41) is 11.7. The van der Waals surface area contributed by atoms with E-state index in [0.717, 1.165) is 24.9 Å². The van der Waals surface area contributed by atoms with Gasteiger partial charge in [0, 0.05) is 12.1 Å². The highest BCUT2D eigenvalue weighted by Gasteiger charge is 2.20. The van der Waals surface area contributed by atoms with Crippen molar-refractivity contribution in [1.29, 1.82) is 0 Å². The molecular formula is C16H24N2O3. The lowest BCUT2D eigenvalue weighted by atomic mass is 10.1. The van der Waals surface area contributed by atoms with Crippen LogP contribution in [0.15, 0.2) is 24.3 Å². The number of nitrogens with zero attached hydrogens (tertiary/aromatic N) is 1. The SMILES string of the molecule is CCCCC(NC(=O)c1cccc(CN(C)C)c1)C(=O)O. The second-order valence-electron chi connectivity index (χ2n) is 5.44. The lowest BCUT2D eigenvalue weighted by molar-refractivity contribution is -0.139. The van der Waals surface area contributed by atoms with Gasteiger partial charge in [0.15, 0.2) is 0 Å². The zero-order chi connectivity index (χ0) is 15.8. The Morgan fingerprint density at radius 1 is 1.33 bits per heavy atom. The third-order valence-corrected chi connectivity index (χ3v) is 3.14. The average molecular weight is 292 g/mol. The molecule has 5 heteroatoms. The highest BCUT2D eigenvalue weighted by atomic mass is 16.4. The van der Waals surface area contributed by atoms with Crippen molar-refractivity contribution >= 4 is 11.9 Å². The minimum Gasteiger partial charge on any atom is -0.480 e. The molecule has 2 N–H and O–H groups in total. The molecule has 0 fully saturated rings. The second kappa shape index (κ2) is 8.42. The number of benzene rings is 1. The van der Waals surface area contributed by atoms with Crippen LogP contribution in [0.3, 0.4) is 0 Å². The van der Waals surface area contributed by atoms with Gasteiger partial charge >= 0.3 is 5.97 Å². The topological polar surface area (TPSA) is 69.6 Å². The Morgan fingerprint density at radius 3 is 2.62 bits per heavy atom. The molecular weight excluding hydrogens is 268 g/mol. The van der Waals surface area contributed by atoms with Crippen molar-refractivity contribution in [3.8, 4) is 0 Å². The van der Waals surface area contributed by atoms with E-state index in [-0.39, 0.29) is 5.91 Å². The smallest absolute Gasteiger partial charge is 0.326 e. The number of carbonyl (C=O) groups is 2. The van der Waals surface area contributed by atoms with Crippen LogP contribution in [-0.4, -0.2) is 42.0 Å². The van der Waals surface area contributed by atoms with Gasteiger partial charge in [-0.15, -0.1) is 0 Å². The molecule has 0 heterocycles. The lowest BCUT2D eigenvalue weighted by Gasteiger charge is -2.15. The van der Waals surface area contributed by atoms with Crippen LogP contribution in [0.5, 0.6) is 0 Å². The Morgan fingerprint density at radius 2 is 2.05 bits per heavy atom. The van der Waals surface area contributed by atoms with Crippen molar-refractivity contribution in [3.05, 3.63) is 35.4 Å². The van der Waals surface area contributed by atoms with Crippen LogP contribution in [0.25, 0.3) is 0 Å². The van der Waals surface area contributed by atoms with Gasteiger partial charge in [-0.3, -0.25) is 4.79 Å². The number of hydrogen-bond acceptors (Lipinski definition) is 3. The Labute approximate surface area is 126 Å². The summed E-state index contributed by atoms with van der Waals surface area (Å²) in [6.07, 6.45) is 2.13. The fourth-order valence-corrected chi connectivity index (χ4v) is 2.08. The quantitative estimate of drug-likeness (QED) is 0.770. The van der Waals surface area contributed by atoms with E-state index < -0.39 is 12.0 Å². The highest BCUT2D eigenvalue weighted by Crippen LogP contribution is 2.09. The standard InChI is InChI=1S/C16H24N2O3/c1-4-5-9-14(16(20)21)17-15(19)13-8-6-7-12(10-13)11-18(2)3/h6-8,10,14H,4-5,9,11H2,1-3H3,(H,17,19)(H,20,21). The molecule has 1 aromatic carbocycles. The van der Waals surface area contributed by atoms with Crippen molar-refractivity contribution in [2.75, 3.05) is 14.1 Å². The molecule has 116 valence electrons. The van der Waals surface area contributed by atoms with Crippen molar-refractivity contribution in [1.82, 2.24) is 10.2 Å². The first-order valence-electron chi connectivity index (χ1n) is 7.21. The van der Waals surface area contributed by atoms with Gasteiger partial charge in [-0.25, -0.2) is 4.79 Å². The first kappa shape index (κ1) is 17.2. The van der Waals surface area contributed by atoms with Gasteiger partial charge in [0.2, 0.25) is 0 Å². The zero-order valence-electron chi connectivity index (χ0n) is 12.9. The second-order valence-corrected chi connectivity index (χ2v) is 5.44. The minimum atomic E-state index is -0.985. The normalized spacial score (nSPS) is 12.2. The highest BCUT2D eigenvalue weighted by molar-refractivity contribution is 5.96. The summed E-state index contributed by atoms with van der Waals surface area (Å²) in [5.74, 6) is -1.32. The van der Waals surface area contributed by atoms with E-state index >= 15 is 0 Å². The molecule has 1 amide bonds. The van der Waals surface area contributed by atoms with Crippen molar-refractivity contribution < 1.29 is 14.7 Å². The number of rotatable bonds is 8. The summed E-state index contributed by atoms with van der Waals surface area (Å²) in [5.41, 5.74) is 1.52. The number of carboxylic acid groups (broad SMARTS) is 1. The van der Waals surface area contributed by atoms with Crippen LogP contribution >= 0.6 is 0 Å². The number of unbranched alkanes of at least 4 members (excludes halogenated alkanes) is 1. The maximum Gasteiger partial charge on any atom is 0.326 e. The van der Waals surface area contributed by atoms with Crippen LogP contribution in [0.2, 0.25) is 0 Å². The fraction of sp³-hybridized carbons (Fsp3) is 0.500. The monoisotopic (exact) mass is 292 g/mol. The van der Waals surface area contributed by atoms with Crippen LogP contribution in [0.1, 0.15) is 42.1 Å². The van der Waals surface area contributed by atoms with Crippen LogP contribution < -0.4 is 5.32 Å². The Bertz CT molecular complexity index is 486. The van der Waals surface area contributed by atoms with E-state index in [1.54, 1.807) is 12.1 Å². The Kier molecular flexibility index (Phi) is 6.88. The summed E-state index contributed by atoms with van der Waals surface area (Å²) in [6, 6.07) is 6.44. The van der Waals surface area contributed by atoms with Gasteiger partial charge in [-0.05, 0) is 38.2 Å². The van der Waals surface area contributed by atoms with Gasteiger partial charge in [-0.1, -0.05) is 31.9 Å². The average Bonchev–Trinajstić information content (AvgIpc) is 2.42. The molecule has 1 unspecified atom stereocenters. The maximum atomic E-state index is 12.2. The summed E-state index contributed by atoms with van der Waals surface area (Å²) >= 11 is 0. The predicted molar refractivity (Wildman–Crippen MR) is 82.2 cm³/mol. The maximum absolute atomic E-state index is 12.2. The molecule has 1 atom stereocenters. The van der Waals surface area contributed by atoms with E-state index in [9.17, 15) is 9.59 Å². The molecule has 1 rings (SSSR count). The van der Waals surface area contributed by atoms with Crippen LogP contribution in [0, 0.1) is 0 Å². The molecule has 0 aliphatic carbocycles. The molecule has 0 spiro atoms. The zero-order valence-corrected chi connectivity index (χ0v) is 12.9. The number of amides is 1. The van der Waals surface area contributed by atoms with Crippen LogP contribution in [-0.2, 0) is 11.3 Å². The van der Waals surface area contributed by atoms with E-state index in [0.29, 0.717) is 12.0 Å². The third kappa shape index (κ3) is 5.95. The fourth-order valence-electron chi connectivity index (χ4n) is 2.08. The summed E-state index contributed by atoms with van der Waals surface area (Å²) in [6.45, 7) is 2.73. The molecule has 0 saturated carbocycles. The van der Waals surface area contributed by atoms with Gasteiger partial charge in [0.25, 0.3) is 5.91 Å². The van der Waals surface area contributed by atoms with E-state index in [1.165, 1.54) is 0 Å². The largest absolute Gasteiger partial charge is 0.480 e. The third-order valence-electron chi connectivity index (χ3n) is 3.14. The molecule has 0 bridgehead atoms. The van der Waals surface area contributed by atoms with Crippen molar-refractivity contribution in [2.24, 2.45) is 0 Å². The number of hydrogen-bond donors (Lipinski definition) is 2. The van der Waals surface area contributed by atoms with Gasteiger partial charge < -0.3 is 15.3 Å². The van der Waals surface area contributed by atoms with Gasteiger partial charge in [0.05, 0.1) is 0 Å². The van der Waals surface area contributed by atoms with Gasteiger partial charge in [0.1, 0.15) is 6.04 Å². The van der Waals surface area contributed by atoms with Crippen molar-refractivity contribution in [2.45, 2.75) is 38.8 Å². The summed E-state index contributed by atoms with van der Waals surface area (Å²) in [4.78, 5) is 25.3. The van der Waals surface area contributed by atoms with E-state index in [4.69, 9.17) is 5.11 Å². The molecule has 0 aliphatic heterocycles. The molecule has 0 saturated heterocycles. The Balaban J connectivity index is 2.75. The Hall–Kier alpha value is -1.88. The van der Waals surface area contributed by atoms with Gasteiger partial charge in [-0.2, -0.15) is 0 Å². The number of carbonyl (C=O) groups excluding carboxylic acids is 1. The molecule has 0 radical (unpaired) electrons. The first-order chi connectivity index (χ1) is 9.93. The van der Waals surface area contributed by atoms with Crippen LogP contribution in [0.4, 0.5) is 0 Å². The lowest BCUT2D eigenvalue weighted by Crippen LogP contribution is -2.40. The van der Waals surface area contributed by atoms with E-state index in [2.05, 4.69) is 5.32 Å². The summed E-state index contributed by atoms with van der Waals surface area (Å²) in [7, 11) is 3.91. The molecule has 0 aliphatic rings. The molecule has 1 aromatic rings. The number of carboxylic acids is 1. The van der Waals surface area contributed by atoms with Crippen molar-refractivity contribution in [3.63, 3.8) is 0 Å². The molecule has 21 heavy (non-hydrogen) atoms. The number of aliphatic carboxylic acids is 1. The molecule has 0 aromatic heterocycles. The minimum absolute atomic E-state index is 0.334. The summed E-state index contributed by atoms with van der Waals surface area (Å²) < 4.78 is 0. The predicted octanol–water partition coefficient (Wildman–Crippen LogP) is 2.12.